The molecule has 0 radical (unpaired) electrons. The van der Waals surface area contributed by atoms with Gasteiger partial charge in [0.05, 0.1) is 18.3 Å². The topological polar surface area (TPSA) is 89.5 Å². The Hall–Kier alpha value is -3.73. The number of anilines is 2. The lowest BCUT2D eigenvalue weighted by Crippen LogP contribution is -2.42. The van der Waals surface area contributed by atoms with Crippen molar-refractivity contribution in [1.29, 1.82) is 0 Å². The van der Waals surface area contributed by atoms with Crippen LogP contribution in [-0.4, -0.2) is 53.0 Å². The molecule has 178 valence electrons. The molecule has 8 nitrogen and oxygen atoms in total. The van der Waals surface area contributed by atoms with Gasteiger partial charge in [-0.05, 0) is 36.8 Å². The van der Waals surface area contributed by atoms with Crippen molar-refractivity contribution in [1.82, 2.24) is 15.0 Å². The minimum atomic E-state index is -4.78. The van der Waals surface area contributed by atoms with Crippen molar-refractivity contribution in [3.63, 3.8) is 0 Å². The second kappa shape index (κ2) is 10.0. The summed E-state index contributed by atoms with van der Waals surface area (Å²) in [4.78, 5) is 27.7. The molecule has 0 spiro atoms. The second-order valence-corrected chi connectivity index (χ2v) is 7.60. The van der Waals surface area contributed by atoms with E-state index in [2.05, 4.69) is 36.8 Å². The number of halogens is 3. The van der Waals surface area contributed by atoms with Crippen LogP contribution in [0, 0.1) is 0 Å². The Morgan fingerprint density at radius 1 is 1.21 bits per heavy atom. The Morgan fingerprint density at radius 3 is 2.62 bits per heavy atom. The lowest BCUT2D eigenvalue weighted by molar-refractivity contribution is -0.274. The number of benzene rings is 1. The van der Waals surface area contributed by atoms with Crippen LogP contribution in [0.5, 0.6) is 5.75 Å². The summed E-state index contributed by atoms with van der Waals surface area (Å²) >= 11 is 0. The first-order valence-corrected chi connectivity index (χ1v) is 10.6. The maximum atomic E-state index is 12.9. The molecule has 3 aromatic rings. The zero-order valence-electron chi connectivity index (χ0n) is 18.2. The summed E-state index contributed by atoms with van der Waals surface area (Å²) in [5.74, 6) is -0.143. The zero-order chi connectivity index (χ0) is 24.1. The fourth-order valence-electron chi connectivity index (χ4n) is 3.59. The summed E-state index contributed by atoms with van der Waals surface area (Å²) in [6.07, 6.45) is 2.35. The number of aromatic nitrogens is 3. The summed E-state index contributed by atoms with van der Waals surface area (Å²) in [6, 6.07) is 6.60. The molecule has 4 rings (SSSR count). The highest BCUT2D eigenvalue weighted by Gasteiger charge is 2.31. The van der Waals surface area contributed by atoms with E-state index >= 15 is 0 Å². The molecule has 0 saturated carbocycles. The minimum absolute atomic E-state index is 0.0858. The average Bonchev–Trinajstić information content (AvgIpc) is 2.84. The van der Waals surface area contributed by atoms with Crippen LogP contribution in [0.1, 0.15) is 23.7 Å². The van der Waals surface area contributed by atoms with Gasteiger partial charge in [0.15, 0.2) is 0 Å². The Morgan fingerprint density at radius 2 is 1.94 bits per heavy atom. The first-order valence-electron chi connectivity index (χ1n) is 10.6. The third-order valence-corrected chi connectivity index (χ3v) is 5.24. The van der Waals surface area contributed by atoms with Crippen molar-refractivity contribution in [3.8, 4) is 16.9 Å². The van der Waals surface area contributed by atoms with Crippen molar-refractivity contribution >= 4 is 17.4 Å². The molecule has 1 aromatic carbocycles. The van der Waals surface area contributed by atoms with Crippen LogP contribution in [0.2, 0.25) is 0 Å². The quantitative estimate of drug-likeness (QED) is 0.571. The average molecular weight is 473 g/mol. The van der Waals surface area contributed by atoms with Gasteiger partial charge in [0, 0.05) is 48.5 Å². The number of hydrogen-bond acceptors (Lipinski definition) is 7. The van der Waals surface area contributed by atoms with Crippen LogP contribution < -0.4 is 15.0 Å². The summed E-state index contributed by atoms with van der Waals surface area (Å²) in [6.45, 7) is 3.95. The number of nitrogens with one attached hydrogen (secondary N) is 1. The summed E-state index contributed by atoms with van der Waals surface area (Å²) in [5, 5.41) is 2.66. The fourth-order valence-corrected chi connectivity index (χ4v) is 3.59. The largest absolute Gasteiger partial charge is 0.573 e. The van der Waals surface area contributed by atoms with Crippen LogP contribution in [0.15, 0.2) is 55.2 Å². The molecule has 1 saturated heterocycles. The van der Waals surface area contributed by atoms with Gasteiger partial charge < -0.3 is 19.7 Å². The monoisotopic (exact) mass is 473 g/mol. The van der Waals surface area contributed by atoms with Gasteiger partial charge in [-0.3, -0.25) is 4.79 Å². The number of morpholine rings is 1. The molecular weight excluding hydrogens is 451 g/mol. The van der Waals surface area contributed by atoms with Gasteiger partial charge >= 0.3 is 6.36 Å². The van der Waals surface area contributed by atoms with Crippen molar-refractivity contribution in [2.24, 2.45) is 0 Å². The number of alkyl halides is 3. The SMILES string of the molecule is CCC1CN(c2ncc(C(=O)Nc3ccc(OC(F)(F)F)cc3)cc2-c2cncnc2)CCO1. The van der Waals surface area contributed by atoms with Gasteiger partial charge in [-0.25, -0.2) is 15.0 Å². The van der Waals surface area contributed by atoms with Crippen LogP contribution in [0.3, 0.4) is 0 Å². The number of carbonyl (C=O) groups excluding carboxylic acids is 1. The van der Waals surface area contributed by atoms with Gasteiger partial charge in [0.1, 0.15) is 17.9 Å². The van der Waals surface area contributed by atoms with Gasteiger partial charge in [-0.2, -0.15) is 0 Å². The summed E-state index contributed by atoms with van der Waals surface area (Å²) in [5.41, 5.74) is 1.98. The van der Waals surface area contributed by atoms with E-state index in [0.29, 0.717) is 42.3 Å². The summed E-state index contributed by atoms with van der Waals surface area (Å²) in [7, 11) is 0. The standard InChI is InChI=1S/C23H22F3N5O3/c1-2-18-13-31(7-8-33-18)21-20(16-10-27-14-28-11-16)9-15(12-29-21)22(32)30-17-3-5-19(6-4-17)34-23(24,25)26/h3-6,9-12,14,18H,2,7-8,13H2,1H3,(H,30,32). The zero-order valence-corrected chi connectivity index (χ0v) is 18.2. The molecule has 0 bridgehead atoms. The van der Waals surface area contributed by atoms with Gasteiger partial charge in [-0.1, -0.05) is 6.92 Å². The van der Waals surface area contributed by atoms with E-state index in [1.165, 1.54) is 24.7 Å². The molecule has 11 heteroatoms. The Kier molecular flexibility index (Phi) is 6.92. The molecule has 1 unspecified atom stereocenters. The molecule has 3 heterocycles. The fraction of sp³-hybridized carbons (Fsp3) is 0.304. The van der Waals surface area contributed by atoms with Crippen molar-refractivity contribution < 1.29 is 27.4 Å². The predicted molar refractivity (Wildman–Crippen MR) is 119 cm³/mol. The Bertz CT molecular complexity index is 1130. The molecule has 1 N–H and O–H groups in total. The van der Waals surface area contributed by atoms with Gasteiger partial charge in [-0.15, -0.1) is 13.2 Å². The number of hydrogen-bond donors (Lipinski definition) is 1. The highest BCUT2D eigenvalue weighted by atomic mass is 19.4. The van der Waals surface area contributed by atoms with E-state index in [-0.39, 0.29) is 17.4 Å². The Labute approximate surface area is 193 Å². The molecule has 2 aromatic heterocycles. The minimum Gasteiger partial charge on any atom is -0.406 e. The normalized spacial score (nSPS) is 16.2. The van der Waals surface area contributed by atoms with Gasteiger partial charge in [0.25, 0.3) is 5.91 Å². The molecule has 34 heavy (non-hydrogen) atoms. The number of carbonyl (C=O) groups is 1. The van der Waals surface area contributed by atoms with E-state index < -0.39 is 12.3 Å². The molecule has 1 aliphatic heterocycles. The number of ether oxygens (including phenoxy) is 2. The van der Waals surface area contributed by atoms with E-state index in [0.717, 1.165) is 18.6 Å². The number of amides is 1. The maximum absolute atomic E-state index is 12.9. The van der Waals surface area contributed by atoms with Crippen molar-refractivity contribution in [2.75, 3.05) is 29.9 Å². The first kappa shape index (κ1) is 23.4. The second-order valence-electron chi connectivity index (χ2n) is 7.60. The molecular formula is C23H22F3N5O3. The smallest absolute Gasteiger partial charge is 0.406 e. The van der Waals surface area contributed by atoms with E-state index in [9.17, 15) is 18.0 Å². The number of rotatable bonds is 6. The van der Waals surface area contributed by atoms with Crippen molar-refractivity contribution in [2.45, 2.75) is 25.8 Å². The third kappa shape index (κ3) is 5.79. The first-order chi connectivity index (χ1) is 16.3. The van der Waals surface area contributed by atoms with Crippen LogP contribution in [-0.2, 0) is 4.74 Å². The third-order valence-electron chi connectivity index (χ3n) is 5.24. The summed E-state index contributed by atoms with van der Waals surface area (Å²) < 4.78 is 46.6. The molecule has 1 atom stereocenters. The van der Waals surface area contributed by atoms with Gasteiger partial charge in [0.2, 0.25) is 0 Å². The highest BCUT2D eigenvalue weighted by Crippen LogP contribution is 2.31. The molecule has 1 aliphatic rings. The van der Waals surface area contributed by atoms with Crippen molar-refractivity contribution in [3.05, 3.63) is 60.8 Å². The van der Waals surface area contributed by atoms with E-state index in [1.807, 2.05) is 0 Å². The number of pyridine rings is 1. The van der Waals surface area contributed by atoms with Crippen LogP contribution in [0.4, 0.5) is 24.7 Å². The predicted octanol–water partition coefficient (Wildman–Crippen LogP) is 4.30. The lowest BCUT2D eigenvalue weighted by Gasteiger charge is -2.34. The Balaban J connectivity index is 1.58. The van der Waals surface area contributed by atoms with E-state index in [4.69, 9.17) is 4.74 Å². The highest BCUT2D eigenvalue weighted by molar-refractivity contribution is 6.05. The van der Waals surface area contributed by atoms with E-state index in [1.54, 1.807) is 18.5 Å². The van der Waals surface area contributed by atoms with Crippen LogP contribution >= 0.6 is 0 Å². The number of nitrogens with zero attached hydrogens (tertiary/aromatic N) is 4. The maximum Gasteiger partial charge on any atom is 0.573 e. The van der Waals surface area contributed by atoms with Crippen LogP contribution in [0.25, 0.3) is 11.1 Å². The lowest BCUT2D eigenvalue weighted by atomic mass is 10.1. The molecule has 0 aliphatic carbocycles. The molecule has 1 fully saturated rings. The molecule has 1 amide bonds.